The lowest BCUT2D eigenvalue weighted by Crippen LogP contribution is -2.49. The maximum atomic E-state index is 13.2. The molecule has 2 aliphatic rings. The van der Waals surface area contributed by atoms with Crippen molar-refractivity contribution in [1.29, 1.82) is 0 Å². The highest BCUT2D eigenvalue weighted by atomic mass is 16.5. The monoisotopic (exact) mass is 382 g/mol. The number of likely N-dealkylation sites (tertiary alicyclic amines) is 1. The molecule has 148 valence electrons. The third kappa shape index (κ3) is 3.74. The number of para-hydroxylation sites is 1. The van der Waals surface area contributed by atoms with Gasteiger partial charge in [0.25, 0.3) is 5.91 Å². The number of nitrogens with zero attached hydrogens (tertiary/aromatic N) is 3. The number of pyridine rings is 1. The van der Waals surface area contributed by atoms with Gasteiger partial charge in [0.1, 0.15) is 5.82 Å². The molecule has 1 atom stereocenters. The molecule has 0 spiro atoms. The first-order chi connectivity index (χ1) is 13.7. The van der Waals surface area contributed by atoms with Crippen LogP contribution in [0.4, 0.5) is 10.6 Å². The summed E-state index contributed by atoms with van der Waals surface area (Å²) in [5.41, 5.74) is 1.51. The van der Waals surface area contributed by atoms with Crippen LogP contribution in [0.25, 0.3) is 10.9 Å². The van der Waals surface area contributed by atoms with Crippen molar-refractivity contribution in [3.8, 4) is 0 Å². The summed E-state index contributed by atoms with van der Waals surface area (Å²) in [5.74, 6) is 0.631. The second-order valence-corrected chi connectivity index (χ2v) is 7.48. The maximum absolute atomic E-state index is 13.2. The number of anilines is 1. The molecule has 1 N–H and O–H groups in total. The highest BCUT2D eigenvalue weighted by molar-refractivity contribution is 6.02. The van der Waals surface area contributed by atoms with E-state index in [1.807, 2.05) is 30.3 Å². The lowest BCUT2D eigenvalue weighted by molar-refractivity contribution is 0.0865. The number of ether oxygens (including phenoxy) is 1. The van der Waals surface area contributed by atoms with Crippen LogP contribution >= 0.6 is 0 Å². The summed E-state index contributed by atoms with van der Waals surface area (Å²) in [4.78, 5) is 33.6. The van der Waals surface area contributed by atoms with Crippen LogP contribution in [0.1, 0.15) is 36.0 Å². The molecule has 2 fully saturated rings. The number of nitrogens with one attached hydrogen (secondary N) is 1. The van der Waals surface area contributed by atoms with E-state index in [4.69, 9.17) is 9.72 Å². The molecule has 0 aliphatic carbocycles. The van der Waals surface area contributed by atoms with Gasteiger partial charge in [-0.15, -0.1) is 0 Å². The fourth-order valence-electron chi connectivity index (χ4n) is 4.10. The Balaban J connectivity index is 1.59. The van der Waals surface area contributed by atoms with E-state index >= 15 is 0 Å². The van der Waals surface area contributed by atoms with Crippen LogP contribution < -0.4 is 10.2 Å². The Morgan fingerprint density at radius 3 is 2.71 bits per heavy atom. The summed E-state index contributed by atoms with van der Waals surface area (Å²) in [6, 6.07) is 9.73. The van der Waals surface area contributed by atoms with E-state index in [9.17, 15) is 9.59 Å². The minimum absolute atomic E-state index is 0.0850. The van der Waals surface area contributed by atoms with Gasteiger partial charge in [-0.1, -0.05) is 18.2 Å². The highest BCUT2D eigenvalue weighted by Crippen LogP contribution is 2.27. The molecule has 7 heteroatoms. The van der Waals surface area contributed by atoms with Gasteiger partial charge in [-0.2, -0.15) is 0 Å². The van der Waals surface area contributed by atoms with Gasteiger partial charge in [-0.25, -0.2) is 9.78 Å². The summed E-state index contributed by atoms with van der Waals surface area (Å²) in [5, 5.41) is 4.07. The topological polar surface area (TPSA) is 74.8 Å². The number of hydrogen-bond acceptors (Lipinski definition) is 5. The second kappa shape index (κ2) is 8.04. The third-order valence-corrected chi connectivity index (χ3v) is 5.54. The van der Waals surface area contributed by atoms with Gasteiger partial charge in [0.15, 0.2) is 0 Å². The molecule has 3 heterocycles. The first kappa shape index (κ1) is 18.5. The van der Waals surface area contributed by atoms with Gasteiger partial charge in [0, 0.05) is 37.6 Å². The first-order valence-corrected chi connectivity index (χ1v) is 9.94. The molecule has 1 aromatic carbocycles. The van der Waals surface area contributed by atoms with Crippen LogP contribution in [-0.4, -0.2) is 61.2 Å². The molecule has 2 saturated heterocycles. The average Bonchev–Trinajstić information content (AvgIpc) is 3.27. The van der Waals surface area contributed by atoms with Gasteiger partial charge < -0.3 is 19.9 Å². The predicted octanol–water partition coefficient (Wildman–Crippen LogP) is 2.80. The van der Waals surface area contributed by atoms with Gasteiger partial charge in [-0.3, -0.25) is 4.79 Å². The summed E-state index contributed by atoms with van der Waals surface area (Å²) in [6.07, 6.45) is 3.58. The van der Waals surface area contributed by atoms with Crippen LogP contribution in [0.2, 0.25) is 0 Å². The van der Waals surface area contributed by atoms with Crippen molar-refractivity contribution in [3.63, 3.8) is 0 Å². The van der Waals surface area contributed by atoms with Gasteiger partial charge in [-0.05, 0) is 37.8 Å². The molecular formula is C21H26N4O3. The zero-order valence-electron chi connectivity index (χ0n) is 16.2. The van der Waals surface area contributed by atoms with Crippen LogP contribution in [0.3, 0.4) is 0 Å². The fraction of sp³-hybridized carbons (Fsp3) is 0.476. The molecule has 28 heavy (non-hydrogen) atoms. The Morgan fingerprint density at radius 1 is 1.14 bits per heavy atom. The molecule has 0 bridgehead atoms. The standard InChI is InChI=1S/C21H26N4O3/c1-28-21(27)25-12-6-8-16(14-25)22-20(26)17-13-15-7-2-3-9-18(15)23-19(17)24-10-4-5-11-24/h2-3,7,9,13,16H,4-6,8,10-12,14H2,1H3,(H,22,26). The van der Waals surface area contributed by atoms with E-state index in [2.05, 4.69) is 10.2 Å². The lowest BCUT2D eigenvalue weighted by atomic mass is 10.0. The van der Waals surface area contributed by atoms with Crippen molar-refractivity contribution < 1.29 is 14.3 Å². The van der Waals surface area contributed by atoms with E-state index in [1.165, 1.54) is 7.11 Å². The van der Waals surface area contributed by atoms with E-state index < -0.39 is 0 Å². The summed E-state index contributed by atoms with van der Waals surface area (Å²) in [6.45, 7) is 2.98. The minimum Gasteiger partial charge on any atom is -0.453 e. The van der Waals surface area contributed by atoms with E-state index in [0.29, 0.717) is 18.7 Å². The number of aromatic nitrogens is 1. The molecule has 1 unspecified atom stereocenters. The summed E-state index contributed by atoms with van der Waals surface area (Å²) in [7, 11) is 1.38. The van der Waals surface area contributed by atoms with Crippen molar-refractivity contribution in [3.05, 3.63) is 35.9 Å². The number of benzene rings is 1. The van der Waals surface area contributed by atoms with E-state index in [1.54, 1.807) is 4.90 Å². The number of carbonyl (C=O) groups is 2. The van der Waals surface area contributed by atoms with Gasteiger partial charge in [0.05, 0.1) is 18.2 Å². The number of methoxy groups -OCH3 is 1. The van der Waals surface area contributed by atoms with Crippen molar-refractivity contribution in [1.82, 2.24) is 15.2 Å². The first-order valence-electron chi connectivity index (χ1n) is 9.94. The normalized spacial score (nSPS) is 19.7. The largest absolute Gasteiger partial charge is 0.453 e. The molecule has 2 aromatic rings. The van der Waals surface area contributed by atoms with Crippen molar-refractivity contribution in [2.45, 2.75) is 31.7 Å². The molecule has 0 radical (unpaired) electrons. The number of piperidine rings is 1. The predicted molar refractivity (Wildman–Crippen MR) is 108 cm³/mol. The van der Waals surface area contributed by atoms with E-state index in [0.717, 1.165) is 55.5 Å². The molecule has 4 rings (SSSR count). The Bertz CT molecular complexity index is 879. The van der Waals surface area contributed by atoms with Crippen molar-refractivity contribution >= 4 is 28.7 Å². The molecule has 2 aliphatic heterocycles. The number of hydrogen-bond donors (Lipinski definition) is 1. The number of fused-ring (bicyclic) bond motifs is 1. The fourth-order valence-corrected chi connectivity index (χ4v) is 4.10. The third-order valence-electron chi connectivity index (χ3n) is 5.54. The molecule has 7 nitrogen and oxygen atoms in total. The Labute approximate surface area is 164 Å². The number of carbonyl (C=O) groups excluding carboxylic acids is 2. The SMILES string of the molecule is COC(=O)N1CCCC(NC(=O)c2cc3ccccc3nc2N2CCCC2)C1. The van der Waals surface area contributed by atoms with Crippen LogP contribution in [0.15, 0.2) is 30.3 Å². The quantitative estimate of drug-likeness (QED) is 0.884. The summed E-state index contributed by atoms with van der Waals surface area (Å²) >= 11 is 0. The van der Waals surface area contributed by atoms with Gasteiger partial charge >= 0.3 is 6.09 Å². The van der Waals surface area contributed by atoms with Crippen LogP contribution in [0.5, 0.6) is 0 Å². The zero-order valence-corrected chi connectivity index (χ0v) is 16.2. The van der Waals surface area contributed by atoms with Crippen molar-refractivity contribution in [2.24, 2.45) is 0 Å². The molecule has 1 aromatic heterocycles. The smallest absolute Gasteiger partial charge is 0.409 e. The molecular weight excluding hydrogens is 356 g/mol. The van der Waals surface area contributed by atoms with E-state index in [-0.39, 0.29) is 18.0 Å². The second-order valence-electron chi connectivity index (χ2n) is 7.48. The maximum Gasteiger partial charge on any atom is 0.409 e. The Morgan fingerprint density at radius 2 is 1.93 bits per heavy atom. The van der Waals surface area contributed by atoms with Crippen molar-refractivity contribution in [2.75, 3.05) is 38.2 Å². The minimum atomic E-state index is -0.343. The average molecular weight is 382 g/mol. The Hall–Kier alpha value is -2.83. The van der Waals surface area contributed by atoms with Crippen LogP contribution in [0, 0.1) is 0 Å². The van der Waals surface area contributed by atoms with Crippen LogP contribution in [-0.2, 0) is 4.74 Å². The number of amides is 2. The highest BCUT2D eigenvalue weighted by Gasteiger charge is 2.28. The molecule has 0 saturated carbocycles. The van der Waals surface area contributed by atoms with Gasteiger partial charge in [0.2, 0.25) is 0 Å². The lowest BCUT2D eigenvalue weighted by Gasteiger charge is -2.32. The summed E-state index contributed by atoms with van der Waals surface area (Å²) < 4.78 is 4.82. The number of rotatable bonds is 3. The Kier molecular flexibility index (Phi) is 5.32. The zero-order chi connectivity index (χ0) is 19.5. The molecule has 2 amide bonds.